The third kappa shape index (κ3) is 3.99. The highest BCUT2D eigenvalue weighted by Gasteiger charge is 2.56. The maximum Gasteiger partial charge on any atom is 0.251 e. The van der Waals surface area contributed by atoms with Gasteiger partial charge in [0.2, 0.25) is 5.91 Å². The molecule has 1 aliphatic carbocycles. The molecule has 2 aliphatic rings. The predicted octanol–water partition coefficient (Wildman–Crippen LogP) is 3.98. The quantitative estimate of drug-likeness (QED) is 0.630. The average molecular weight is 440 g/mol. The second-order valence-corrected chi connectivity index (χ2v) is 8.74. The number of halogens is 2. The zero-order valence-electron chi connectivity index (χ0n) is 18.2. The zero-order chi connectivity index (χ0) is 22.5. The van der Waals surface area contributed by atoms with E-state index in [1.54, 1.807) is 16.5 Å². The molecule has 1 amide bonds. The molecule has 1 aliphatic heterocycles. The molecule has 0 spiro atoms. The number of alkyl halides is 2. The molecule has 5 rings (SSSR count). The van der Waals surface area contributed by atoms with Crippen molar-refractivity contribution >= 4 is 17.4 Å². The van der Waals surface area contributed by atoms with Gasteiger partial charge in [-0.25, -0.2) is 8.78 Å². The lowest BCUT2D eigenvalue weighted by molar-refractivity contribution is -0.129. The lowest BCUT2D eigenvalue weighted by atomic mass is 10.1. The molecule has 1 fully saturated rings. The summed E-state index contributed by atoms with van der Waals surface area (Å²) in [5, 5.41) is 12.3. The Morgan fingerprint density at radius 3 is 2.62 bits per heavy atom. The Kier molecular flexibility index (Phi) is 4.98. The van der Waals surface area contributed by atoms with E-state index in [0.717, 1.165) is 28.1 Å². The number of rotatable bonds is 6. The highest BCUT2D eigenvalue weighted by atomic mass is 19.3. The van der Waals surface area contributed by atoms with E-state index < -0.39 is 11.8 Å². The number of hydrogen-bond acceptors (Lipinski definition) is 4. The number of hydrogen-bond donors (Lipinski definition) is 1. The maximum atomic E-state index is 13.3. The molecule has 0 radical (unpaired) electrons. The number of aromatic nitrogens is 4. The van der Waals surface area contributed by atoms with Gasteiger partial charge in [-0.1, -0.05) is 12.1 Å². The Bertz CT molecular complexity index is 1150. The van der Waals surface area contributed by atoms with Gasteiger partial charge < -0.3 is 10.2 Å². The van der Waals surface area contributed by atoms with Crippen molar-refractivity contribution < 1.29 is 13.6 Å². The van der Waals surface area contributed by atoms with Crippen molar-refractivity contribution in [3.05, 3.63) is 47.9 Å². The minimum absolute atomic E-state index is 0.0211. The first-order valence-corrected chi connectivity index (χ1v) is 10.9. The van der Waals surface area contributed by atoms with Crippen molar-refractivity contribution in [2.75, 3.05) is 11.9 Å². The highest BCUT2D eigenvalue weighted by molar-refractivity contribution is 5.74. The van der Waals surface area contributed by atoms with E-state index in [1.165, 1.54) is 0 Å². The number of nitrogens with one attached hydrogen (secondary N) is 1. The molecule has 3 aromatic rings. The second-order valence-electron chi connectivity index (χ2n) is 8.74. The minimum atomic E-state index is -2.52. The molecule has 0 bridgehead atoms. The summed E-state index contributed by atoms with van der Waals surface area (Å²) in [5.41, 5.74) is 4.96. The van der Waals surface area contributed by atoms with Crippen molar-refractivity contribution in [3.8, 4) is 11.1 Å². The summed E-state index contributed by atoms with van der Waals surface area (Å²) in [6, 6.07) is 7.98. The molecule has 1 N–H and O–H groups in total. The van der Waals surface area contributed by atoms with Gasteiger partial charge in [-0.3, -0.25) is 14.2 Å². The topological polar surface area (TPSA) is 68.0 Å². The van der Waals surface area contributed by atoms with E-state index in [4.69, 9.17) is 5.10 Å². The normalized spacial score (nSPS) is 19.0. The Labute approximate surface area is 185 Å². The van der Waals surface area contributed by atoms with E-state index in [0.29, 0.717) is 38.3 Å². The molecule has 1 unspecified atom stereocenters. The molecule has 2 aromatic heterocycles. The summed E-state index contributed by atoms with van der Waals surface area (Å²) >= 11 is 0. The fourth-order valence-corrected chi connectivity index (χ4v) is 4.36. The van der Waals surface area contributed by atoms with Crippen LogP contribution in [0.25, 0.3) is 11.1 Å². The van der Waals surface area contributed by atoms with Crippen LogP contribution < -0.4 is 5.32 Å². The SMILES string of the molecule is CC(=O)N1CCc2c(c(Nc3ccc(-c4cnn(C)c4)cc3)nn2CCC2CC2(F)F)C1. The summed E-state index contributed by atoms with van der Waals surface area (Å²) < 4.78 is 30.3. The van der Waals surface area contributed by atoms with E-state index in [9.17, 15) is 13.6 Å². The number of anilines is 2. The van der Waals surface area contributed by atoms with Crippen LogP contribution in [0.2, 0.25) is 0 Å². The second kappa shape index (κ2) is 7.72. The number of nitrogens with zero attached hydrogens (tertiary/aromatic N) is 5. The summed E-state index contributed by atoms with van der Waals surface area (Å²) in [5.74, 6) is -2.36. The van der Waals surface area contributed by atoms with Crippen molar-refractivity contribution in [1.82, 2.24) is 24.5 Å². The van der Waals surface area contributed by atoms with Gasteiger partial charge in [-0.05, 0) is 24.1 Å². The molecule has 168 valence electrons. The molecule has 3 heterocycles. The summed E-state index contributed by atoms with van der Waals surface area (Å²) in [4.78, 5) is 13.7. The summed E-state index contributed by atoms with van der Waals surface area (Å²) in [6.45, 7) is 3.12. The third-order valence-electron chi connectivity index (χ3n) is 6.41. The van der Waals surface area contributed by atoms with Crippen LogP contribution in [-0.2, 0) is 31.4 Å². The number of aryl methyl sites for hydroxylation is 2. The van der Waals surface area contributed by atoms with Crippen LogP contribution in [0.4, 0.5) is 20.3 Å². The Hall–Kier alpha value is -3.23. The van der Waals surface area contributed by atoms with E-state index in [-0.39, 0.29) is 12.3 Å². The largest absolute Gasteiger partial charge is 0.338 e. The van der Waals surface area contributed by atoms with Gasteiger partial charge in [0.1, 0.15) is 0 Å². The van der Waals surface area contributed by atoms with Crippen molar-refractivity contribution in [2.45, 2.75) is 45.2 Å². The number of carbonyl (C=O) groups is 1. The number of amides is 1. The molecule has 1 atom stereocenters. The fraction of sp³-hybridized carbons (Fsp3) is 0.435. The van der Waals surface area contributed by atoms with Crippen LogP contribution in [0.1, 0.15) is 31.0 Å². The van der Waals surface area contributed by atoms with Gasteiger partial charge in [-0.2, -0.15) is 10.2 Å². The Morgan fingerprint density at radius 1 is 1.25 bits per heavy atom. The van der Waals surface area contributed by atoms with Gasteiger partial charge in [0.25, 0.3) is 5.92 Å². The molecule has 0 saturated heterocycles. The molecular formula is C23H26F2N6O. The predicted molar refractivity (Wildman–Crippen MR) is 117 cm³/mol. The van der Waals surface area contributed by atoms with Crippen LogP contribution >= 0.6 is 0 Å². The monoisotopic (exact) mass is 440 g/mol. The minimum Gasteiger partial charge on any atom is -0.338 e. The standard InChI is InChI=1S/C23H26F2N6O/c1-15(32)30-9-8-21-20(14-30)22(28-31(21)10-7-18-11-23(18,24)25)27-19-5-3-16(4-6-19)17-12-26-29(2)13-17/h3-6,12-13,18H,7-11,14H2,1-2H3,(H,27,28). The first kappa shape index (κ1) is 20.7. The van der Waals surface area contributed by atoms with Crippen molar-refractivity contribution in [3.63, 3.8) is 0 Å². The molecular weight excluding hydrogens is 414 g/mol. The number of fused-ring (bicyclic) bond motifs is 1. The summed E-state index contributed by atoms with van der Waals surface area (Å²) in [6.07, 6.45) is 4.84. The smallest absolute Gasteiger partial charge is 0.251 e. The van der Waals surface area contributed by atoms with Crippen LogP contribution in [0.5, 0.6) is 0 Å². The average Bonchev–Trinajstić information content (AvgIpc) is 3.06. The number of benzene rings is 1. The van der Waals surface area contributed by atoms with E-state index >= 15 is 0 Å². The molecule has 32 heavy (non-hydrogen) atoms. The fourth-order valence-electron chi connectivity index (χ4n) is 4.36. The van der Waals surface area contributed by atoms with Crippen LogP contribution in [0.3, 0.4) is 0 Å². The number of carbonyl (C=O) groups excluding carboxylic acids is 1. The lowest BCUT2D eigenvalue weighted by Gasteiger charge is -2.26. The van der Waals surface area contributed by atoms with Gasteiger partial charge in [0.15, 0.2) is 5.82 Å². The molecule has 1 aromatic carbocycles. The van der Waals surface area contributed by atoms with Gasteiger partial charge in [-0.15, -0.1) is 0 Å². The van der Waals surface area contributed by atoms with Crippen LogP contribution in [0, 0.1) is 5.92 Å². The van der Waals surface area contributed by atoms with Gasteiger partial charge in [0, 0.05) is 74.5 Å². The Morgan fingerprint density at radius 2 is 2.00 bits per heavy atom. The van der Waals surface area contributed by atoms with Gasteiger partial charge in [0.05, 0.1) is 12.7 Å². The maximum absolute atomic E-state index is 13.3. The van der Waals surface area contributed by atoms with Crippen molar-refractivity contribution in [2.24, 2.45) is 13.0 Å². The summed E-state index contributed by atoms with van der Waals surface area (Å²) in [7, 11) is 1.88. The van der Waals surface area contributed by atoms with Crippen LogP contribution in [-0.4, -0.2) is 42.8 Å². The first-order valence-electron chi connectivity index (χ1n) is 10.9. The van der Waals surface area contributed by atoms with Crippen molar-refractivity contribution in [1.29, 1.82) is 0 Å². The molecule has 1 saturated carbocycles. The van der Waals surface area contributed by atoms with E-state index in [2.05, 4.69) is 10.4 Å². The lowest BCUT2D eigenvalue weighted by Crippen LogP contribution is -2.34. The van der Waals surface area contributed by atoms with Crippen LogP contribution in [0.15, 0.2) is 36.7 Å². The molecule has 7 nitrogen and oxygen atoms in total. The third-order valence-corrected chi connectivity index (χ3v) is 6.41. The Balaban J connectivity index is 1.38. The highest BCUT2D eigenvalue weighted by Crippen LogP contribution is 2.50. The zero-order valence-corrected chi connectivity index (χ0v) is 18.2. The van der Waals surface area contributed by atoms with E-state index in [1.807, 2.05) is 48.4 Å². The van der Waals surface area contributed by atoms with Gasteiger partial charge >= 0.3 is 0 Å². The molecule has 9 heteroatoms. The first-order chi connectivity index (χ1) is 15.3.